The van der Waals surface area contributed by atoms with Crippen molar-refractivity contribution in [1.82, 2.24) is 4.98 Å². The van der Waals surface area contributed by atoms with Crippen LogP contribution in [0.4, 0.5) is 0 Å². The molecule has 1 heterocycles. The van der Waals surface area contributed by atoms with Crippen LogP contribution in [0.15, 0.2) is 12.4 Å². The van der Waals surface area contributed by atoms with Crippen LogP contribution in [0.1, 0.15) is 26.1 Å². The Balaban J connectivity index is 2.44. The van der Waals surface area contributed by atoms with Crippen molar-refractivity contribution >= 4 is 0 Å². The highest BCUT2D eigenvalue weighted by Gasteiger charge is 2.04. The molecule has 0 saturated heterocycles. The van der Waals surface area contributed by atoms with Crippen LogP contribution in [0, 0.1) is 12.8 Å². The van der Waals surface area contributed by atoms with E-state index >= 15 is 0 Å². The Hall–Kier alpha value is -0.790. The van der Waals surface area contributed by atoms with Crippen LogP contribution in [0.2, 0.25) is 0 Å². The molecule has 0 spiro atoms. The largest absolute Gasteiger partial charge is 0.251 e. The number of nitrogens with zero attached hydrogens (tertiary/aromatic N) is 1. The molecular weight excluding hydrogens is 136 g/mol. The lowest BCUT2D eigenvalue weighted by molar-refractivity contribution is -0.702. The Morgan fingerprint density at radius 1 is 1.55 bits per heavy atom. The van der Waals surface area contributed by atoms with E-state index in [0.717, 1.165) is 12.5 Å². The molecule has 0 unspecified atom stereocenters. The van der Waals surface area contributed by atoms with Crippen molar-refractivity contribution in [1.29, 1.82) is 0 Å². The van der Waals surface area contributed by atoms with E-state index in [4.69, 9.17) is 0 Å². The molecule has 0 radical (unpaired) electrons. The minimum atomic E-state index is 0.789. The Kier molecular flexibility index (Phi) is 2.69. The molecule has 0 aliphatic carbocycles. The highest BCUT2D eigenvalue weighted by molar-refractivity contribution is 4.70. The van der Waals surface area contributed by atoms with Gasteiger partial charge in [-0.25, -0.2) is 9.55 Å². The van der Waals surface area contributed by atoms with Crippen molar-refractivity contribution in [2.24, 2.45) is 5.92 Å². The van der Waals surface area contributed by atoms with Gasteiger partial charge >= 0.3 is 0 Å². The number of rotatable bonds is 3. The van der Waals surface area contributed by atoms with Crippen LogP contribution in [-0.2, 0) is 6.54 Å². The average molecular weight is 153 g/mol. The molecule has 0 amide bonds. The van der Waals surface area contributed by atoms with Crippen LogP contribution in [0.3, 0.4) is 0 Å². The maximum atomic E-state index is 3.16. The number of H-pyrrole nitrogens is 1. The summed E-state index contributed by atoms with van der Waals surface area (Å²) in [5, 5.41) is 0. The monoisotopic (exact) mass is 153 g/mol. The zero-order valence-corrected chi connectivity index (χ0v) is 7.59. The molecule has 11 heavy (non-hydrogen) atoms. The molecular formula is C9H17N2+. The first kappa shape index (κ1) is 8.31. The second-order valence-corrected chi connectivity index (χ2v) is 3.42. The molecule has 1 rings (SSSR count). The topological polar surface area (TPSA) is 19.7 Å². The van der Waals surface area contributed by atoms with E-state index < -0.39 is 0 Å². The first-order chi connectivity index (χ1) is 5.20. The van der Waals surface area contributed by atoms with E-state index in [2.05, 4.69) is 36.5 Å². The molecule has 1 aromatic rings. The third kappa shape index (κ3) is 2.37. The Morgan fingerprint density at radius 3 is 2.73 bits per heavy atom. The number of imidazole rings is 1. The highest BCUT2D eigenvalue weighted by atomic mass is 15.0. The lowest BCUT2D eigenvalue weighted by atomic mass is 10.1. The van der Waals surface area contributed by atoms with Gasteiger partial charge in [-0.2, -0.15) is 0 Å². The fraction of sp³-hybridized carbons (Fsp3) is 0.667. The summed E-state index contributed by atoms with van der Waals surface area (Å²) >= 11 is 0. The minimum Gasteiger partial charge on any atom is -0.248 e. The van der Waals surface area contributed by atoms with Crippen molar-refractivity contribution in [3.63, 3.8) is 0 Å². The summed E-state index contributed by atoms with van der Waals surface area (Å²) in [6.45, 7) is 7.73. The smallest absolute Gasteiger partial charge is 0.248 e. The first-order valence-electron chi connectivity index (χ1n) is 4.23. The molecule has 0 aliphatic rings. The third-order valence-corrected chi connectivity index (χ3v) is 1.92. The van der Waals surface area contributed by atoms with Gasteiger partial charge in [-0.05, 0) is 12.3 Å². The second kappa shape index (κ2) is 3.56. The van der Waals surface area contributed by atoms with Gasteiger partial charge in [0.15, 0.2) is 0 Å². The molecule has 2 heteroatoms. The van der Waals surface area contributed by atoms with Crippen molar-refractivity contribution in [2.45, 2.75) is 33.7 Å². The van der Waals surface area contributed by atoms with Gasteiger partial charge in [-0.3, -0.25) is 0 Å². The molecule has 2 nitrogen and oxygen atoms in total. The zero-order valence-electron chi connectivity index (χ0n) is 7.59. The molecule has 1 aromatic heterocycles. The first-order valence-corrected chi connectivity index (χ1v) is 4.23. The molecule has 1 N–H and O–H groups in total. The van der Waals surface area contributed by atoms with Gasteiger partial charge in [0.25, 0.3) is 5.82 Å². The standard InChI is InChI=1S/C9H16N2/c1-8(2)4-6-11-7-5-10-9(11)3/h5,7-8H,4,6H2,1-3H3/p+1. The summed E-state index contributed by atoms with van der Waals surface area (Å²) in [5.74, 6) is 2.03. The maximum absolute atomic E-state index is 3.16. The van der Waals surface area contributed by atoms with Gasteiger partial charge in [0.05, 0.1) is 6.54 Å². The lowest BCUT2D eigenvalue weighted by Crippen LogP contribution is -2.34. The number of nitrogens with one attached hydrogen (secondary N) is 1. The van der Waals surface area contributed by atoms with E-state index in [9.17, 15) is 0 Å². The van der Waals surface area contributed by atoms with Gasteiger partial charge < -0.3 is 0 Å². The van der Waals surface area contributed by atoms with Crippen molar-refractivity contribution < 1.29 is 4.57 Å². The number of aromatic nitrogens is 2. The van der Waals surface area contributed by atoms with E-state index in [1.54, 1.807) is 0 Å². The van der Waals surface area contributed by atoms with Crippen LogP contribution < -0.4 is 4.57 Å². The van der Waals surface area contributed by atoms with E-state index in [1.807, 2.05) is 6.20 Å². The van der Waals surface area contributed by atoms with Crippen molar-refractivity contribution in [2.75, 3.05) is 0 Å². The fourth-order valence-corrected chi connectivity index (χ4v) is 1.08. The zero-order chi connectivity index (χ0) is 8.27. The Morgan fingerprint density at radius 2 is 2.27 bits per heavy atom. The van der Waals surface area contributed by atoms with E-state index in [1.165, 1.54) is 12.2 Å². The quantitative estimate of drug-likeness (QED) is 0.637. The lowest BCUT2D eigenvalue weighted by Gasteiger charge is -2.01. The molecule has 0 aliphatic heterocycles. The number of hydrogen-bond donors (Lipinski definition) is 1. The molecule has 0 bridgehead atoms. The highest BCUT2D eigenvalue weighted by Crippen LogP contribution is 1.98. The summed E-state index contributed by atoms with van der Waals surface area (Å²) in [6.07, 6.45) is 5.33. The van der Waals surface area contributed by atoms with Crippen LogP contribution >= 0.6 is 0 Å². The van der Waals surface area contributed by atoms with Gasteiger partial charge in [-0.15, -0.1) is 0 Å². The Bertz CT molecular complexity index is 213. The van der Waals surface area contributed by atoms with Gasteiger partial charge in [-0.1, -0.05) is 13.8 Å². The van der Waals surface area contributed by atoms with Crippen LogP contribution in [0.5, 0.6) is 0 Å². The van der Waals surface area contributed by atoms with Gasteiger partial charge in [0, 0.05) is 6.92 Å². The number of hydrogen-bond acceptors (Lipinski definition) is 0. The van der Waals surface area contributed by atoms with E-state index in [-0.39, 0.29) is 0 Å². The fourth-order valence-electron chi connectivity index (χ4n) is 1.08. The SMILES string of the molecule is Cc1[nH]cc[n+]1CCC(C)C. The van der Waals surface area contributed by atoms with Crippen molar-refractivity contribution in [3.05, 3.63) is 18.2 Å². The summed E-state index contributed by atoms with van der Waals surface area (Å²) in [6, 6.07) is 0. The van der Waals surface area contributed by atoms with Crippen LogP contribution in [0.25, 0.3) is 0 Å². The summed E-state index contributed by atoms with van der Waals surface area (Å²) < 4.78 is 2.25. The number of aryl methyl sites for hydroxylation is 2. The average Bonchev–Trinajstić information content (AvgIpc) is 2.31. The summed E-state index contributed by atoms with van der Waals surface area (Å²) in [7, 11) is 0. The van der Waals surface area contributed by atoms with Gasteiger partial charge in [0.1, 0.15) is 12.4 Å². The molecule has 62 valence electrons. The van der Waals surface area contributed by atoms with Crippen molar-refractivity contribution in [3.8, 4) is 0 Å². The Labute approximate surface area is 68.3 Å². The maximum Gasteiger partial charge on any atom is 0.251 e. The minimum absolute atomic E-state index is 0.789. The second-order valence-electron chi connectivity index (χ2n) is 3.42. The summed E-state index contributed by atoms with van der Waals surface area (Å²) in [4.78, 5) is 3.16. The predicted molar refractivity (Wildman–Crippen MR) is 45.2 cm³/mol. The number of aromatic amines is 1. The third-order valence-electron chi connectivity index (χ3n) is 1.92. The van der Waals surface area contributed by atoms with Crippen LogP contribution in [-0.4, -0.2) is 4.98 Å². The summed E-state index contributed by atoms with van der Waals surface area (Å²) in [5.41, 5.74) is 0. The molecule has 0 saturated carbocycles. The molecule has 0 aromatic carbocycles. The van der Waals surface area contributed by atoms with E-state index in [0.29, 0.717) is 0 Å². The normalized spacial score (nSPS) is 10.9. The molecule has 0 fully saturated rings. The molecule has 0 atom stereocenters. The predicted octanol–water partition coefficient (Wildman–Crippen LogP) is 1.66. The van der Waals surface area contributed by atoms with Gasteiger partial charge in [0.2, 0.25) is 0 Å².